The Morgan fingerprint density at radius 2 is 1.62 bits per heavy atom. The van der Waals surface area contributed by atoms with Crippen molar-refractivity contribution in [3.63, 3.8) is 0 Å². The van der Waals surface area contributed by atoms with E-state index in [0.717, 1.165) is 12.8 Å². The molecule has 2 aliphatic heterocycles. The van der Waals surface area contributed by atoms with Gasteiger partial charge in [-0.1, -0.05) is 30.3 Å². The Morgan fingerprint density at radius 3 is 2.22 bits per heavy atom. The molecule has 11 heteroatoms. The third-order valence-electron chi connectivity index (χ3n) is 7.38. The minimum absolute atomic E-state index is 0.0491. The summed E-state index contributed by atoms with van der Waals surface area (Å²) in [6, 6.07) is 8.98. The minimum Gasteiger partial charge on any atom is -0.465 e. The van der Waals surface area contributed by atoms with E-state index in [4.69, 9.17) is 14.0 Å². The first-order chi connectivity index (χ1) is 17.5. The van der Waals surface area contributed by atoms with Crippen LogP contribution >= 0.6 is 0 Å². The maximum atomic E-state index is 13.3. The van der Waals surface area contributed by atoms with E-state index in [-0.39, 0.29) is 18.7 Å². The lowest BCUT2D eigenvalue weighted by Crippen LogP contribution is -2.54. The van der Waals surface area contributed by atoms with Crippen molar-refractivity contribution in [2.75, 3.05) is 26.3 Å². The molecule has 0 aromatic heterocycles. The van der Waals surface area contributed by atoms with Crippen LogP contribution in [0, 0.1) is 0 Å². The number of carbonyl (C=O) groups is 3. The molecule has 1 aromatic carbocycles. The number of morpholine rings is 1. The monoisotopic (exact) mass is 517 g/mol. The van der Waals surface area contributed by atoms with Gasteiger partial charge < -0.3 is 34.7 Å². The van der Waals surface area contributed by atoms with Crippen LogP contribution < -0.4 is 10.6 Å². The van der Waals surface area contributed by atoms with Gasteiger partial charge in [0.2, 0.25) is 11.8 Å². The summed E-state index contributed by atoms with van der Waals surface area (Å²) < 4.78 is 17.7. The average molecular weight is 517 g/mol. The van der Waals surface area contributed by atoms with Gasteiger partial charge in [0.15, 0.2) is 0 Å². The number of rotatable bonds is 11. The van der Waals surface area contributed by atoms with Gasteiger partial charge in [-0.05, 0) is 58.9 Å². The Kier molecular flexibility index (Phi) is 9.97. The molecule has 3 rings (SSSR count). The smallest absolute Gasteiger partial charge is 0.465 e. The van der Waals surface area contributed by atoms with Gasteiger partial charge in [-0.15, -0.1) is 0 Å². The van der Waals surface area contributed by atoms with Gasteiger partial charge >= 0.3 is 13.2 Å². The maximum absolute atomic E-state index is 13.3. The summed E-state index contributed by atoms with van der Waals surface area (Å²) in [5.41, 5.74) is 0.0285. The number of aryl methyl sites for hydroxylation is 1. The van der Waals surface area contributed by atoms with Crippen LogP contribution in [0.3, 0.4) is 0 Å². The molecule has 2 fully saturated rings. The van der Waals surface area contributed by atoms with Gasteiger partial charge in [-0.25, -0.2) is 4.79 Å². The van der Waals surface area contributed by atoms with Crippen LogP contribution in [-0.4, -0.2) is 84.5 Å². The van der Waals surface area contributed by atoms with E-state index in [0.29, 0.717) is 32.7 Å². The van der Waals surface area contributed by atoms with Crippen LogP contribution in [0.5, 0.6) is 0 Å². The van der Waals surface area contributed by atoms with E-state index >= 15 is 0 Å². The fourth-order valence-electron chi connectivity index (χ4n) is 4.44. The van der Waals surface area contributed by atoms with E-state index < -0.39 is 42.3 Å². The fourth-order valence-corrected chi connectivity index (χ4v) is 4.44. The van der Waals surface area contributed by atoms with Crippen molar-refractivity contribution in [1.82, 2.24) is 15.5 Å². The second-order valence-corrected chi connectivity index (χ2v) is 10.7. The maximum Gasteiger partial charge on any atom is 0.481 e. The molecule has 1 aromatic rings. The summed E-state index contributed by atoms with van der Waals surface area (Å²) in [6.07, 6.45) is 0.935. The predicted molar refractivity (Wildman–Crippen MR) is 139 cm³/mol. The quantitative estimate of drug-likeness (QED) is 0.385. The second kappa shape index (κ2) is 12.8. The van der Waals surface area contributed by atoms with E-state index in [1.54, 1.807) is 4.90 Å². The number of carboxylic acid groups (broad SMARTS) is 1. The minimum atomic E-state index is -1.32. The molecule has 204 valence electrons. The molecule has 3 amide bonds. The van der Waals surface area contributed by atoms with Crippen molar-refractivity contribution in [2.45, 2.75) is 83.0 Å². The topological polar surface area (TPSA) is 126 Å². The zero-order valence-corrected chi connectivity index (χ0v) is 22.3. The molecule has 0 saturated carbocycles. The number of amides is 3. The summed E-state index contributed by atoms with van der Waals surface area (Å²) in [4.78, 5) is 39.0. The molecule has 2 atom stereocenters. The Labute approximate surface area is 219 Å². The molecule has 0 aliphatic carbocycles. The molecule has 0 spiro atoms. The number of nitrogens with zero attached hydrogens (tertiary/aromatic N) is 1. The van der Waals surface area contributed by atoms with Crippen molar-refractivity contribution >= 4 is 25.0 Å². The summed E-state index contributed by atoms with van der Waals surface area (Å²) in [7, 11) is -0.690. The molecule has 0 radical (unpaired) electrons. The van der Waals surface area contributed by atoms with Crippen molar-refractivity contribution in [1.29, 1.82) is 0 Å². The second-order valence-electron chi connectivity index (χ2n) is 10.7. The molecule has 1 unspecified atom stereocenters. The molecule has 10 nitrogen and oxygen atoms in total. The standard InChI is InChI=1S/C26H40BN3O7/c1-25(2)26(3,4)37-27(36-25)21(12-8-11-19-9-6-5-7-10-19)29-23(32)20(28-24(33)34)13-14-22(31)30-15-17-35-18-16-30/h5-7,9-10,20-21,28H,8,11-18H2,1-4H3,(H,29,32)(H,33,34)/t20?,21-/m0/s1. The van der Waals surface area contributed by atoms with E-state index in [1.807, 2.05) is 45.9 Å². The lowest BCUT2D eigenvalue weighted by atomic mass is 9.75. The first-order valence-electron chi connectivity index (χ1n) is 13.0. The molecule has 2 saturated heterocycles. The Balaban J connectivity index is 1.66. The van der Waals surface area contributed by atoms with Crippen LogP contribution in [-0.2, 0) is 30.1 Å². The van der Waals surface area contributed by atoms with E-state index in [1.165, 1.54) is 5.56 Å². The van der Waals surface area contributed by atoms with Gasteiger partial charge in [0.05, 0.1) is 30.4 Å². The molecule has 3 N–H and O–H groups in total. The average Bonchev–Trinajstić information content (AvgIpc) is 3.08. The van der Waals surface area contributed by atoms with Crippen LogP contribution in [0.2, 0.25) is 0 Å². The molecule has 2 heterocycles. The first kappa shape index (κ1) is 28.9. The third kappa shape index (κ3) is 8.18. The summed E-state index contributed by atoms with van der Waals surface area (Å²) in [5.74, 6) is -1.12. The predicted octanol–water partition coefficient (Wildman–Crippen LogP) is 2.40. The number of hydrogen-bond donors (Lipinski definition) is 3. The normalized spacial score (nSPS) is 20.2. The highest BCUT2D eigenvalue weighted by Crippen LogP contribution is 2.38. The molecular formula is C26H40BN3O7. The van der Waals surface area contributed by atoms with Gasteiger partial charge in [-0.2, -0.15) is 0 Å². The fraction of sp³-hybridized carbons (Fsp3) is 0.654. The van der Waals surface area contributed by atoms with Gasteiger partial charge in [-0.3, -0.25) is 9.59 Å². The number of ether oxygens (including phenoxy) is 1. The van der Waals surface area contributed by atoms with Gasteiger partial charge in [0.25, 0.3) is 0 Å². The van der Waals surface area contributed by atoms with Gasteiger partial charge in [0.1, 0.15) is 6.04 Å². The molecule has 37 heavy (non-hydrogen) atoms. The lowest BCUT2D eigenvalue weighted by molar-refractivity contribution is -0.135. The molecule has 0 bridgehead atoms. The van der Waals surface area contributed by atoms with Crippen molar-refractivity contribution < 1.29 is 33.5 Å². The van der Waals surface area contributed by atoms with Crippen LogP contribution in [0.4, 0.5) is 4.79 Å². The van der Waals surface area contributed by atoms with E-state index in [9.17, 15) is 19.5 Å². The van der Waals surface area contributed by atoms with Gasteiger partial charge in [0, 0.05) is 19.5 Å². The lowest BCUT2D eigenvalue weighted by Gasteiger charge is -2.32. The van der Waals surface area contributed by atoms with Crippen molar-refractivity contribution in [3.8, 4) is 0 Å². The summed E-state index contributed by atoms with van der Waals surface area (Å²) >= 11 is 0. The summed E-state index contributed by atoms with van der Waals surface area (Å²) in [5, 5.41) is 14.6. The van der Waals surface area contributed by atoms with Crippen LogP contribution in [0.25, 0.3) is 0 Å². The zero-order valence-electron chi connectivity index (χ0n) is 22.3. The number of carbonyl (C=O) groups excluding carboxylic acids is 2. The van der Waals surface area contributed by atoms with E-state index in [2.05, 4.69) is 22.8 Å². The summed E-state index contributed by atoms with van der Waals surface area (Å²) in [6.45, 7) is 9.72. The Bertz CT molecular complexity index is 906. The first-order valence-corrected chi connectivity index (χ1v) is 13.0. The van der Waals surface area contributed by atoms with Crippen molar-refractivity contribution in [3.05, 3.63) is 35.9 Å². The largest absolute Gasteiger partial charge is 0.481 e. The Morgan fingerprint density at radius 1 is 1.00 bits per heavy atom. The van der Waals surface area contributed by atoms with Crippen molar-refractivity contribution in [2.24, 2.45) is 0 Å². The molecular weight excluding hydrogens is 477 g/mol. The number of benzene rings is 1. The zero-order chi connectivity index (χ0) is 27.1. The third-order valence-corrected chi connectivity index (χ3v) is 7.38. The highest BCUT2D eigenvalue weighted by atomic mass is 16.7. The van der Waals surface area contributed by atoms with Crippen LogP contribution in [0.1, 0.15) is 58.9 Å². The highest BCUT2D eigenvalue weighted by Gasteiger charge is 2.54. The molecule has 2 aliphatic rings. The number of hydrogen-bond acceptors (Lipinski definition) is 6. The highest BCUT2D eigenvalue weighted by molar-refractivity contribution is 6.48. The Hall–Kier alpha value is -2.63. The number of nitrogens with one attached hydrogen (secondary N) is 2. The van der Waals surface area contributed by atoms with Crippen LogP contribution in [0.15, 0.2) is 30.3 Å². The SMILES string of the molecule is CC1(C)OB([C@H](CCCc2ccccc2)NC(=O)C(CCC(=O)N2CCOCC2)NC(=O)O)OC1(C)C.